The van der Waals surface area contributed by atoms with Crippen LogP contribution in [0.15, 0.2) is 6.20 Å². The van der Waals surface area contributed by atoms with Crippen molar-refractivity contribution in [1.82, 2.24) is 15.5 Å². The highest BCUT2D eigenvalue weighted by Gasteiger charge is 1.87. The predicted octanol–water partition coefficient (Wildman–Crippen LogP) is -0.0707. The Bertz CT molecular complexity index is 133. The molecule has 0 aliphatic heterocycles. The van der Waals surface area contributed by atoms with E-state index in [2.05, 4.69) is 21.7 Å². The highest BCUT2D eigenvalue weighted by Crippen LogP contribution is 1.88. The van der Waals surface area contributed by atoms with Crippen LogP contribution in [0.4, 0.5) is 0 Å². The molecule has 1 aromatic heterocycles. The molecule has 0 saturated heterocycles. The van der Waals surface area contributed by atoms with Crippen molar-refractivity contribution in [1.29, 1.82) is 0 Å². The van der Waals surface area contributed by atoms with Crippen LogP contribution in [-0.4, -0.2) is 17.2 Å². The molecule has 3 heteroatoms. The minimum atomic E-state index is 0.830. The van der Waals surface area contributed by atoms with E-state index in [0.29, 0.717) is 0 Å². The third-order valence-corrected chi connectivity index (χ3v) is 0.870. The zero-order valence-electron chi connectivity index (χ0n) is 4.73. The number of hydrogen-bond acceptors (Lipinski definition) is 2. The zero-order valence-corrected chi connectivity index (χ0v) is 4.73. The lowest BCUT2D eigenvalue weighted by molar-refractivity contribution is 0.817. The van der Waals surface area contributed by atoms with Crippen molar-refractivity contribution in [3.8, 4) is 0 Å². The first-order valence-electron chi connectivity index (χ1n) is 2.48. The third kappa shape index (κ3) is 1.07. The molecule has 43 valence electrons. The number of rotatable bonds is 2. The first-order chi connectivity index (χ1) is 3.93. The Morgan fingerprint density at radius 1 is 2.00 bits per heavy atom. The van der Waals surface area contributed by atoms with Gasteiger partial charge in [0.05, 0.1) is 0 Å². The summed E-state index contributed by atoms with van der Waals surface area (Å²) in [5, 5.41) is 9.30. The van der Waals surface area contributed by atoms with Crippen LogP contribution < -0.4 is 5.32 Å². The Balaban J connectivity index is 2.50. The monoisotopic (exact) mass is 110 g/mol. The Kier molecular flexibility index (Phi) is 1.64. The molecule has 1 radical (unpaired) electrons. The Morgan fingerprint density at radius 2 is 2.88 bits per heavy atom. The van der Waals surface area contributed by atoms with Gasteiger partial charge in [-0.3, -0.25) is 5.10 Å². The number of aromatic nitrogens is 2. The lowest BCUT2D eigenvalue weighted by Crippen LogP contribution is -2.03. The second kappa shape index (κ2) is 2.47. The Morgan fingerprint density at radius 3 is 3.38 bits per heavy atom. The first kappa shape index (κ1) is 5.31. The van der Waals surface area contributed by atoms with Gasteiger partial charge in [-0.05, 0) is 7.05 Å². The maximum atomic E-state index is 3.65. The van der Waals surface area contributed by atoms with Crippen LogP contribution >= 0.6 is 0 Å². The van der Waals surface area contributed by atoms with Gasteiger partial charge >= 0.3 is 0 Å². The fourth-order valence-corrected chi connectivity index (χ4v) is 0.528. The van der Waals surface area contributed by atoms with E-state index >= 15 is 0 Å². The lowest BCUT2D eigenvalue weighted by atomic mass is 10.4. The topological polar surface area (TPSA) is 40.7 Å². The molecule has 0 aliphatic carbocycles. The average molecular weight is 110 g/mol. The smallest absolute Gasteiger partial charge is 0.117 e. The average Bonchev–Trinajstić information content (AvgIpc) is 2.19. The minimum Gasteiger partial charge on any atom is -0.316 e. The third-order valence-electron chi connectivity index (χ3n) is 0.870. The zero-order chi connectivity index (χ0) is 5.82. The summed E-state index contributed by atoms with van der Waals surface area (Å²) in [5.41, 5.74) is 1.06. The predicted molar refractivity (Wildman–Crippen MR) is 30.2 cm³/mol. The first-order valence-corrected chi connectivity index (χ1v) is 2.48. The van der Waals surface area contributed by atoms with Crippen LogP contribution in [-0.2, 0) is 6.54 Å². The van der Waals surface area contributed by atoms with Gasteiger partial charge in [0, 0.05) is 18.3 Å². The number of hydrogen-bond donors (Lipinski definition) is 2. The molecule has 0 fully saturated rings. The molecule has 1 aromatic rings. The van der Waals surface area contributed by atoms with Crippen LogP contribution in [0.5, 0.6) is 0 Å². The van der Waals surface area contributed by atoms with Crippen molar-refractivity contribution in [2.24, 2.45) is 0 Å². The molecule has 0 aromatic carbocycles. The maximum Gasteiger partial charge on any atom is 0.117 e. The van der Waals surface area contributed by atoms with Gasteiger partial charge < -0.3 is 5.32 Å². The van der Waals surface area contributed by atoms with Gasteiger partial charge in [-0.2, -0.15) is 5.10 Å². The summed E-state index contributed by atoms with van der Waals surface area (Å²) >= 11 is 0. The van der Waals surface area contributed by atoms with Crippen LogP contribution in [0.1, 0.15) is 5.56 Å². The highest BCUT2D eigenvalue weighted by molar-refractivity contribution is 4.99. The van der Waals surface area contributed by atoms with Gasteiger partial charge in [-0.25, -0.2) is 0 Å². The van der Waals surface area contributed by atoms with Gasteiger partial charge in [0.15, 0.2) is 0 Å². The Labute approximate surface area is 48.1 Å². The van der Waals surface area contributed by atoms with Gasteiger partial charge in [-0.15, -0.1) is 0 Å². The number of nitrogens with zero attached hydrogens (tertiary/aromatic N) is 1. The highest BCUT2D eigenvalue weighted by atomic mass is 15.1. The van der Waals surface area contributed by atoms with E-state index in [0.717, 1.165) is 12.1 Å². The van der Waals surface area contributed by atoms with E-state index in [1.807, 2.05) is 13.2 Å². The summed E-state index contributed by atoms with van der Waals surface area (Å²) in [6.07, 6.45) is 4.59. The van der Waals surface area contributed by atoms with E-state index < -0.39 is 0 Å². The summed E-state index contributed by atoms with van der Waals surface area (Å²) in [5.74, 6) is 0. The van der Waals surface area contributed by atoms with E-state index in [1.54, 1.807) is 0 Å². The van der Waals surface area contributed by atoms with E-state index in [1.165, 1.54) is 0 Å². The quantitative estimate of drug-likeness (QED) is 0.559. The normalized spacial score (nSPS) is 9.62. The van der Waals surface area contributed by atoms with Gasteiger partial charge in [0.25, 0.3) is 0 Å². The fraction of sp³-hybridized carbons (Fsp3) is 0.400. The van der Waals surface area contributed by atoms with Crippen LogP contribution in [0.2, 0.25) is 0 Å². The van der Waals surface area contributed by atoms with Gasteiger partial charge in [0.1, 0.15) is 6.20 Å². The van der Waals surface area contributed by atoms with Gasteiger partial charge in [0.2, 0.25) is 0 Å². The summed E-state index contributed by atoms with van der Waals surface area (Å²) < 4.78 is 0. The summed E-state index contributed by atoms with van der Waals surface area (Å²) in [6, 6.07) is 0. The van der Waals surface area contributed by atoms with E-state index in [-0.39, 0.29) is 0 Å². The molecule has 2 N–H and O–H groups in total. The molecule has 0 amide bonds. The standard InChI is InChI=1S/C5H8N3/c1-6-2-5-3-7-8-4-5/h3,6H,2H2,1H3,(H,7,8). The van der Waals surface area contributed by atoms with Crippen LogP contribution in [0.3, 0.4) is 0 Å². The summed E-state index contributed by atoms with van der Waals surface area (Å²) in [6.45, 7) is 0.830. The van der Waals surface area contributed by atoms with E-state index in [4.69, 9.17) is 0 Å². The van der Waals surface area contributed by atoms with Crippen molar-refractivity contribution < 1.29 is 0 Å². The van der Waals surface area contributed by atoms with Crippen molar-refractivity contribution in [3.63, 3.8) is 0 Å². The molecule has 0 unspecified atom stereocenters. The molecule has 0 bridgehead atoms. The number of H-pyrrole nitrogens is 1. The fourth-order valence-electron chi connectivity index (χ4n) is 0.528. The molecule has 0 spiro atoms. The van der Waals surface area contributed by atoms with Crippen LogP contribution in [0.25, 0.3) is 0 Å². The second-order valence-corrected chi connectivity index (χ2v) is 1.55. The molecule has 3 nitrogen and oxygen atoms in total. The molecule has 0 aliphatic rings. The Hall–Kier alpha value is -0.830. The van der Waals surface area contributed by atoms with Crippen molar-refractivity contribution >= 4 is 0 Å². The van der Waals surface area contributed by atoms with Crippen molar-refractivity contribution in [3.05, 3.63) is 18.0 Å². The van der Waals surface area contributed by atoms with Gasteiger partial charge in [-0.1, -0.05) is 0 Å². The molecule has 0 saturated carbocycles. The maximum absolute atomic E-state index is 3.65. The van der Waals surface area contributed by atoms with Crippen molar-refractivity contribution in [2.75, 3.05) is 7.05 Å². The molecule has 1 heterocycles. The molecule has 8 heavy (non-hydrogen) atoms. The second-order valence-electron chi connectivity index (χ2n) is 1.55. The van der Waals surface area contributed by atoms with Crippen LogP contribution in [0, 0.1) is 6.20 Å². The number of aromatic amines is 1. The summed E-state index contributed by atoms with van der Waals surface area (Å²) in [4.78, 5) is 0. The SMILES string of the molecule is CNCc1[c]n[nH]c1. The lowest BCUT2D eigenvalue weighted by Gasteiger charge is -1.87. The molecule has 1 rings (SSSR count). The minimum absolute atomic E-state index is 0.830. The largest absolute Gasteiger partial charge is 0.316 e. The summed E-state index contributed by atoms with van der Waals surface area (Å²) in [7, 11) is 1.89. The van der Waals surface area contributed by atoms with E-state index in [9.17, 15) is 0 Å². The number of nitrogens with one attached hydrogen (secondary N) is 2. The molecular formula is C5H8N3. The molecular weight excluding hydrogens is 102 g/mol. The van der Waals surface area contributed by atoms with Crippen molar-refractivity contribution in [2.45, 2.75) is 6.54 Å². The molecule has 0 atom stereocenters.